The Morgan fingerprint density at radius 3 is 2.11 bits per heavy atom. The summed E-state index contributed by atoms with van der Waals surface area (Å²) in [7, 11) is 2.24. The van der Waals surface area contributed by atoms with Crippen LogP contribution in [0.2, 0.25) is 0 Å². The molecule has 0 aromatic carbocycles. The molecule has 1 unspecified atom stereocenters. The number of aromatic nitrogens is 2. The molecule has 0 amide bonds. The van der Waals surface area contributed by atoms with Gasteiger partial charge in [0.25, 0.3) is 0 Å². The van der Waals surface area contributed by atoms with Gasteiger partial charge in [0.1, 0.15) is 0 Å². The second-order valence-electron chi connectivity index (χ2n) is 10.7. The molecule has 5 rings (SSSR count). The number of nitrogens with zero attached hydrogens (tertiary/aromatic N) is 2. The standard InChI is InChI=1S/C33H42N4.Pt/c1-10-22-18(5)26-14-30-23(11-2)20(7)28(36-30)16-33-25(13-4)21(8)32(37(33)9)17-31-24(12-3)19(6)27(35-31)15-29(22)34-26;/h14-17,33,35-36H,10-13H2,1-9H3;/b28-16-,29-15-,30-14-,32-17-;. The van der Waals surface area contributed by atoms with E-state index in [-0.39, 0.29) is 27.1 Å². The average molecular weight is 690 g/mol. The molecule has 0 radical (unpaired) electrons. The van der Waals surface area contributed by atoms with Gasteiger partial charge in [-0.25, -0.2) is 4.99 Å². The molecule has 0 fully saturated rings. The van der Waals surface area contributed by atoms with Crippen LogP contribution in [0.3, 0.4) is 0 Å². The summed E-state index contributed by atoms with van der Waals surface area (Å²) in [6, 6.07) is 0.239. The molecule has 0 saturated carbocycles. The van der Waals surface area contributed by atoms with Crippen molar-refractivity contribution in [3.8, 4) is 0 Å². The molecule has 3 aliphatic rings. The van der Waals surface area contributed by atoms with Crippen molar-refractivity contribution in [1.82, 2.24) is 14.9 Å². The Bertz CT molecular complexity index is 1560. The van der Waals surface area contributed by atoms with Crippen LogP contribution in [0.25, 0.3) is 24.3 Å². The van der Waals surface area contributed by atoms with Crippen LogP contribution in [0, 0.1) is 13.8 Å². The molecule has 0 spiro atoms. The molecule has 2 N–H and O–H groups in total. The Labute approximate surface area is 242 Å². The first-order valence-electron chi connectivity index (χ1n) is 14.0. The maximum Gasteiger partial charge on any atom is 0.0712 e. The van der Waals surface area contributed by atoms with Gasteiger partial charge in [0, 0.05) is 55.9 Å². The molecule has 38 heavy (non-hydrogen) atoms. The zero-order chi connectivity index (χ0) is 26.6. The minimum atomic E-state index is 0. The minimum Gasteiger partial charge on any atom is -0.364 e. The van der Waals surface area contributed by atoms with E-state index in [1.165, 1.54) is 72.3 Å². The van der Waals surface area contributed by atoms with E-state index in [1.807, 2.05) is 0 Å². The topological polar surface area (TPSA) is 47.2 Å². The van der Waals surface area contributed by atoms with Crippen molar-refractivity contribution < 1.29 is 21.1 Å². The van der Waals surface area contributed by atoms with Crippen LogP contribution < -0.4 is 10.7 Å². The first-order valence-corrected chi connectivity index (χ1v) is 14.0. The average Bonchev–Trinajstić information content (AvgIpc) is 3.51. The van der Waals surface area contributed by atoms with Gasteiger partial charge in [-0.05, 0) is 122 Å². The minimum absolute atomic E-state index is 0. The quantitative estimate of drug-likeness (QED) is 0.392. The molecule has 1 atom stereocenters. The molecule has 2 aromatic rings. The Hall–Kier alpha value is -2.58. The summed E-state index contributed by atoms with van der Waals surface area (Å²) < 4.78 is 0. The van der Waals surface area contributed by atoms with Crippen molar-refractivity contribution in [3.05, 3.63) is 78.0 Å². The number of aliphatic imine (C=N–C) groups is 1. The predicted molar refractivity (Wildman–Crippen MR) is 159 cm³/mol. The molecule has 5 heterocycles. The smallest absolute Gasteiger partial charge is 0.0712 e. The van der Waals surface area contributed by atoms with Crippen molar-refractivity contribution in [3.63, 3.8) is 0 Å². The van der Waals surface area contributed by atoms with Gasteiger partial charge in [-0.1, -0.05) is 27.7 Å². The predicted octanol–water partition coefficient (Wildman–Crippen LogP) is 6.26. The second-order valence-corrected chi connectivity index (χ2v) is 10.7. The van der Waals surface area contributed by atoms with Crippen LogP contribution in [0.5, 0.6) is 0 Å². The van der Waals surface area contributed by atoms with Crippen LogP contribution in [0.1, 0.15) is 88.0 Å². The van der Waals surface area contributed by atoms with Crippen LogP contribution in [0.4, 0.5) is 0 Å². The molecule has 5 heteroatoms. The second kappa shape index (κ2) is 10.9. The molecular formula is C33H42N4Pt. The molecule has 204 valence electrons. The number of allylic oxidation sites excluding steroid dienone is 3. The summed E-state index contributed by atoms with van der Waals surface area (Å²) in [6.45, 7) is 18.1. The summed E-state index contributed by atoms with van der Waals surface area (Å²) >= 11 is 0. The van der Waals surface area contributed by atoms with E-state index in [0.29, 0.717) is 0 Å². The largest absolute Gasteiger partial charge is 0.364 e. The Balaban J connectivity index is 0.00000336. The van der Waals surface area contributed by atoms with Gasteiger partial charge in [-0.15, -0.1) is 0 Å². The van der Waals surface area contributed by atoms with E-state index < -0.39 is 0 Å². The number of aromatic amines is 2. The van der Waals surface area contributed by atoms with E-state index in [1.54, 1.807) is 0 Å². The maximum absolute atomic E-state index is 5.18. The first kappa shape index (κ1) is 28.4. The third-order valence-corrected chi connectivity index (χ3v) is 8.92. The van der Waals surface area contributed by atoms with Gasteiger partial charge >= 0.3 is 0 Å². The van der Waals surface area contributed by atoms with Crippen molar-refractivity contribution in [2.45, 2.75) is 87.1 Å². The van der Waals surface area contributed by atoms with Crippen molar-refractivity contribution in [2.24, 2.45) is 4.99 Å². The fraction of sp³-hybridized carbons (Fsp3) is 0.424. The van der Waals surface area contributed by atoms with Crippen LogP contribution in [0.15, 0.2) is 38.7 Å². The van der Waals surface area contributed by atoms with Crippen LogP contribution >= 0.6 is 0 Å². The normalized spacial score (nSPS) is 23.2. The number of hydrogen-bond donors (Lipinski definition) is 2. The van der Waals surface area contributed by atoms with Gasteiger partial charge in [-0.3, -0.25) is 0 Å². The molecule has 8 bridgehead atoms. The summed E-state index contributed by atoms with van der Waals surface area (Å²) in [5.41, 5.74) is 16.8. The number of fused-ring (bicyclic) bond motifs is 7. The molecule has 0 saturated heterocycles. The van der Waals surface area contributed by atoms with E-state index in [9.17, 15) is 0 Å². The van der Waals surface area contributed by atoms with E-state index in [2.05, 4.69) is 102 Å². The van der Waals surface area contributed by atoms with Crippen molar-refractivity contribution in [1.29, 1.82) is 0 Å². The summed E-state index contributed by atoms with van der Waals surface area (Å²) in [5, 5.41) is 2.42. The first-order chi connectivity index (χ1) is 17.7. The monoisotopic (exact) mass is 689 g/mol. The third-order valence-electron chi connectivity index (χ3n) is 8.92. The van der Waals surface area contributed by atoms with Gasteiger partial charge < -0.3 is 14.9 Å². The Kier molecular flexibility index (Phi) is 8.14. The number of rotatable bonds is 4. The van der Waals surface area contributed by atoms with E-state index in [0.717, 1.165) is 37.1 Å². The molecule has 3 aliphatic heterocycles. The molecule has 4 nitrogen and oxygen atoms in total. The van der Waals surface area contributed by atoms with Crippen molar-refractivity contribution in [2.75, 3.05) is 7.05 Å². The fourth-order valence-corrected chi connectivity index (χ4v) is 6.66. The Morgan fingerprint density at radius 2 is 1.47 bits per heavy atom. The van der Waals surface area contributed by atoms with Gasteiger partial charge in [-0.2, -0.15) is 0 Å². The number of likely N-dealkylation sites (N-methyl/N-ethyl adjacent to an activating group) is 1. The number of nitrogens with one attached hydrogen (secondary N) is 2. The SMILES string of the molecule is CCC1=C(C)C2=NC/1=C\c1[nH]c(c(CC)c1C)/C=C1/C(C)=C(CC)C(/C=c3\[nH]/c(c(CC)c3C)=C\2)N1C.[Pt]. The molecular weight excluding hydrogens is 647 g/mol. The zero-order valence-corrected chi connectivity index (χ0v) is 26.7. The van der Waals surface area contributed by atoms with Crippen LogP contribution in [-0.4, -0.2) is 33.7 Å². The van der Waals surface area contributed by atoms with Gasteiger partial charge in [0.05, 0.1) is 17.5 Å². The number of hydrogen-bond acceptors (Lipinski definition) is 2. The third kappa shape index (κ3) is 4.39. The van der Waals surface area contributed by atoms with E-state index >= 15 is 0 Å². The van der Waals surface area contributed by atoms with Gasteiger partial charge in [0.2, 0.25) is 0 Å². The maximum atomic E-state index is 5.18. The molecule has 2 aromatic heterocycles. The van der Waals surface area contributed by atoms with Crippen LogP contribution in [-0.2, 0) is 33.9 Å². The summed E-state index contributed by atoms with van der Waals surface area (Å²) in [6.07, 6.45) is 13.4. The molecule has 0 aliphatic carbocycles. The Morgan fingerprint density at radius 1 is 0.763 bits per heavy atom. The van der Waals surface area contributed by atoms with Gasteiger partial charge in [0.15, 0.2) is 0 Å². The summed E-state index contributed by atoms with van der Waals surface area (Å²) in [5.74, 6) is 0. The fourth-order valence-electron chi connectivity index (χ4n) is 6.66. The van der Waals surface area contributed by atoms with E-state index in [4.69, 9.17) is 4.99 Å². The summed E-state index contributed by atoms with van der Waals surface area (Å²) in [4.78, 5) is 15.2. The van der Waals surface area contributed by atoms with Crippen molar-refractivity contribution >= 4 is 30.0 Å². The number of H-pyrrole nitrogens is 2. The zero-order valence-electron chi connectivity index (χ0n) is 24.4.